The van der Waals surface area contributed by atoms with Gasteiger partial charge < -0.3 is 0 Å². The van der Waals surface area contributed by atoms with E-state index in [1.807, 2.05) is 0 Å². The van der Waals surface area contributed by atoms with Crippen molar-refractivity contribution < 1.29 is 0 Å². The Balaban J connectivity index is 1.42. The van der Waals surface area contributed by atoms with Gasteiger partial charge in [0.05, 0.1) is 0 Å². The lowest BCUT2D eigenvalue weighted by Crippen LogP contribution is -1.92. The van der Waals surface area contributed by atoms with E-state index in [1.165, 1.54) is 87.2 Å². The van der Waals surface area contributed by atoms with E-state index < -0.39 is 0 Å². The zero-order valence-corrected chi connectivity index (χ0v) is 24.2. The third-order valence-electron chi connectivity index (χ3n) is 9.23. The largest absolute Gasteiger partial charge is 0.0622 e. The van der Waals surface area contributed by atoms with Crippen LogP contribution in [0.5, 0.6) is 0 Å². The van der Waals surface area contributed by atoms with Crippen molar-refractivity contribution in [2.45, 2.75) is 0 Å². The van der Waals surface area contributed by atoms with E-state index >= 15 is 0 Å². The molecule has 0 unspecified atom stereocenters. The topological polar surface area (TPSA) is 0 Å². The van der Waals surface area contributed by atoms with Crippen LogP contribution >= 0.6 is 0 Å². The van der Waals surface area contributed by atoms with Crippen molar-refractivity contribution in [1.82, 2.24) is 0 Å². The summed E-state index contributed by atoms with van der Waals surface area (Å²) in [5, 5.41) is 12.7. The second kappa shape index (κ2) is 9.93. The number of rotatable bonds is 3. The lowest BCUT2D eigenvalue weighted by atomic mass is 9.83. The Labute approximate surface area is 256 Å². The van der Waals surface area contributed by atoms with Crippen LogP contribution in [0.1, 0.15) is 0 Å². The molecule has 0 fully saturated rings. The van der Waals surface area contributed by atoms with Crippen molar-refractivity contribution in [3.8, 4) is 33.4 Å². The fraction of sp³-hybridized carbons (Fsp3) is 0. The highest BCUT2D eigenvalue weighted by Crippen LogP contribution is 2.47. The van der Waals surface area contributed by atoms with Crippen molar-refractivity contribution in [1.29, 1.82) is 0 Å². The molecule has 0 nitrogen and oxygen atoms in total. The van der Waals surface area contributed by atoms with Gasteiger partial charge in [-0.1, -0.05) is 158 Å². The lowest BCUT2D eigenvalue weighted by molar-refractivity contribution is 1.66. The van der Waals surface area contributed by atoms with Gasteiger partial charge in [-0.25, -0.2) is 0 Å². The second-order valence-corrected chi connectivity index (χ2v) is 11.6. The molecule has 0 spiro atoms. The quantitative estimate of drug-likeness (QED) is 0.150. The summed E-state index contributed by atoms with van der Waals surface area (Å²) in [5.41, 5.74) is 7.60. The molecule has 204 valence electrons. The van der Waals surface area contributed by atoms with E-state index in [4.69, 9.17) is 0 Å². The zero-order chi connectivity index (χ0) is 29.0. The van der Waals surface area contributed by atoms with Crippen LogP contribution in [-0.2, 0) is 0 Å². The van der Waals surface area contributed by atoms with Gasteiger partial charge in [0.1, 0.15) is 0 Å². The zero-order valence-electron chi connectivity index (χ0n) is 24.2. The number of benzene rings is 9. The van der Waals surface area contributed by atoms with Gasteiger partial charge in [0, 0.05) is 0 Å². The van der Waals surface area contributed by atoms with E-state index in [9.17, 15) is 0 Å². The molecule has 0 amide bonds. The van der Waals surface area contributed by atoms with Gasteiger partial charge in [0.15, 0.2) is 0 Å². The van der Waals surface area contributed by atoms with Crippen molar-refractivity contribution in [2.24, 2.45) is 0 Å². The molecule has 0 saturated carbocycles. The molecule has 0 aliphatic rings. The van der Waals surface area contributed by atoms with Crippen LogP contribution in [0.25, 0.3) is 87.2 Å². The number of fused-ring (bicyclic) bond motifs is 6. The van der Waals surface area contributed by atoms with E-state index in [0.29, 0.717) is 0 Å². The smallest absolute Gasteiger partial charge is 0.00201 e. The maximum absolute atomic E-state index is 2.44. The Morgan fingerprint density at radius 1 is 0.227 bits per heavy atom. The standard InChI is InChI=1S/C44H28/c1-2-14-30(15-3-1)43-36-19-8-10-21-38(36)44(39-22-11-9-20-37(39)43)40-24-12-23-35-33-17-6-7-18-34(33)41(28-42(35)40)32-26-25-29-13-4-5-16-31(29)27-32/h1-28H. The monoisotopic (exact) mass is 556 g/mol. The molecule has 0 aliphatic heterocycles. The van der Waals surface area contributed by atoms with Gasteiger partial charge in [-0.05, 0) is 99.4 Å². The second-order valence-electron chi connectivity index (χ2n) is 11.6. The molecule has 0 atom stereocenters. The van der Waals surface area contributed by atoms with Gasteiger partial charge in [0.2, 0.25) is 0 Å². The van der Waals surface area contributed by atoms with Crippen LogP contribution in [0.2, 0.25) is 0 Å². The molecule has 0 aromatic heterocycles. The molecule has 0 saturated heterocycles. The third kappa shape index (κ3) is 3.78. The summed E-state index contributed by atoms with van der Waals surface area (Å²) in [6.45, 7) is 0. The van der Waals surface area contributed by atoms with Crippen LogP contribution in [-0.4, -0.2) is 0 Å². The third-order valence-corrected chi connectivity index (χ3v) is 9.23. The molecule has 0 bridgehead atoms. The van der Waals surface area contributed by atoms with Crippen LogP contribution in [0.15, 0.2) is 170 Å². The molecular formula is C44H28. The minimum atomic E-state index is 1.24. The Kier molecular flexibility index (Phi) is 5.61. The Hall–Kier alpha value is -5.72. The highest BCUT2D eigenvalue weighted by molar-refractivity contribution is 6.25. The number of hydrogen-bond donors (Lipinski definition) is 0. The van der Waals surface area contributed by atoms with Gasteiger partial charge in [-0.2, -0.15) is 0 Å². The SMILES string of the molecule is c1ccc(-c2c3ccccc3c(-c3cccc4c3cc(-c3ccc5ccccc5c3)c3ccccc34)c3ccccc23)cc1. The van der Waals surface area contributed by atoms with Gasteiger partial charge in [-0.3, -0.25) is 0 Å². The van der Waals surface area contributed by atoms with E-state index in [1.54, 1.807) is 0 Å². The molecule has 9 aromatic carbocycles. The summed E-state index contributed by atoms with van der Waals surface area (Å²) in [6.07, 6.45) is 0. The average Bonchev–Trinajstić information content (AvgIpc) is 3.10. The summed E-state index contributed by atoms with van der Waals surface area (Å²) < 4.78 is 0. The minimum absolute atomic E-state index is 1.24. The van der Waals surface area contributed by atoms with E-state index in [0.717, 1.165) is 0 Å². The molecular weight excluding hydrogens is 528 g/mol. The molecule has 0 N–H and O–H groups in total. The van der Waals surface area contributed by atoms with Gasteiger partial charge in [0.25, 0.3) is 0 Å². The highest BCUT2D eigenvalue weighted by Gasteiger charge is 2.19. The van der Waals surface area contributed by atoms with Crippen molar-refractivity contribution in [3.05, 3.63) is 170 Å². The number of hydrogen-bond acceptors (Lipinski definition) is 0. The first-order valence-electron chi connectivity index (χ1n) is 15.3. The molecule has 9 rings (SSSR count). The fourth-order valence-corrected chi connectivity index (χ4v) is 7.28. The Bertz CT molecular complexity index is 2480. The summed E-state index contributed by atoms with van der Waals surface area (Å²) >= 11 is 0. The van der Waals surface area contributed by atoms with Gasteiger partial charge >= 0.3 is 0 Å². The maximum Gasteiger partial charge on any atom is -0.00201 e. The minimum Gasteiger partial charge on any atom is -0.0622 e. The predicted octanol–water partition coefficient (Wildman–Crippen LogP) is 12.5. The van der Waals surface area contributed by atoms with Gasteiger partial charge in [-0.15, -0.1) is 0 Å². The predicted molar refractivity (Wildman–Crippen MR) is 190 cm³/mol. The molecule has 9 aromatic rings. The normalized spacial score (nSPS) is 11.6. The van der Waals surface area contributed by atoms with Crippen molar-refractivity contribution in [3.63, 3.8) is 0 Å². The first kappa shape index (κ1) is 24.8. The maximum atomic E-state index is 2.44. The average molecular weight is 557 g/mol. The molecule has 0 radical (unpaired) electrons. The van der Waals surface area contributed by atoms with E-state index in [2.05, 4.69) is 170 Å². The molecule has 0 aliphatic carbocycles. The summed E-state index contributed by atoms with van der Waals surface area (Å²) in [6, 6.07) is 62.3. The van der Waals surface area contributed by atoms with Crippen LogP contribution < -0.4 is 0 Å². The summed E-state index contributed by atoms with van der Waals surface area (Å²) in [4.78, 5) is 0. The first-order chi connectivity index (χ1) is 21.8. The highest BCUT2D eigenvalue weighted by atomic mass is 14.2. The van der Waals surface area contributed by atoms with Crippen molar-refractivity contribution in [2.75, 3.05) is 0 Å². The summed E-state index contributed by atoms with van der Waals surface area (Å²) in [7, 11) is 0. The lowest BCUT2D eigenvalue weighted by Gasteiger charge is -2.20. The van der Waals surface area contributed by atoms with Crippen LogP contribution in [0.4, 0.5) is 0 Å². The molecule has 0 heterocycles. The molecule has 44 heavy (non-hydrogen) atoms. The first-order valence-corrected chi connectivity index (χ1v) is 15.3. The summed E-state index contributed by atoms with van der Waals surface area (Å²) in [5.74, 6) is 0. The van der Waals surface area contributed by atoms with Crippen LogP contribution in [0, 0.1) is 0 Å². The van der Waals surface area contributed by atoms with E-state index in [-0.39, 0.29) is 0 Å². The Morgan fingerprint density at radius 3 is 1.45 bits per heavy atom. The van der Waals surface area contributed by atoms with Crippen LogP contribution in [0.3, 0.4) is 0 Å². The van der Waals surface area contributed by atoms with Crippen molar-refractivity contribution >= 4 is 53.9 Å². The fourth-order valence-electron chi connectivity index (χ4n) is 7.28. The molecule has 0 heteroatoms. The Morgan fingerprint density at radius 2 is 0.750 bits per heavy atom.